The summed E-state index contributed by atoms with van der Waals surface area (Å²) in [5.41, 5.74) is 1.50. The van der Waals surface area contributed by atoms with Crippen LogP contribution in [0.4, 0.5) is 17.6 Å². The molecule has 3 aliphatic rings. The predicted octanol–water partition coefficient (Wildman–Crippen LogP) is 8.76. The van der Waals surface area contributed by atoms with Gasteiger partial charge >= 0.3 is 6.18 Å². The van der Waals surface area contributed by atoms with Crippen LogP contribution in [-0.4, -0.2) is 21.5 Å². The number of ether oxygens (including phenoxy) is 2. The first-order chi connectivity index (χ1) is 19.7. The van der Waals surface area contributed by atoms with Crippen molar-refractivity contribution in [3.8, 4) is 0 Å². The first-order valence-corrected chi connectivity index (χ1v) is 18.2. The number of halogens is 4. The molecule has 2 atom stereocenters. The Morgan fingerprint density at radius 1 is 1.07 bits per heavy atom. The summed E-state index contributed by atoms with van der Waals surface area (Å²) in [5, 5.41) is 14.4. The number of fused-ring (bicyclic) bond motifs is 4. The van der Waals surface area contributed by atoms with E-state index in [-0.39, 0.29) is 28.0 Å². The Morgan fingerprint density at radius 2 is 1.70 bits per heavy atom. The van der Waals surface area contributed by atoms with Crippen molar-refractivity contribution in [1.82, 2.24) is 0 Å². The molecule has 1 saturated heterocycles. The lowest BCUT2D eigenvalue weighted by atomic mass is 9.69. The second-order valence-corrected chi connectivity index (χ2v) is 20.0. The lowest BCUT2D eigenvalue weighted by Gasteiger charge is -2.45. The second kappa shape index (κ2) is 10.5. The van der Waals surface area contributed by atoms with Gasteiger partial charge in [0.15, 0.2) is 14.0 Å². The van der Waals surface area contributed by atoms with E-state index in [2.05, 4.69) is 47.7 Å². The summed E-state index contributed by atoms with van der Waals surface area (Å²) in [6, 6.07) is 2.97. The summed E-state index contributed by atoms with van der Waals surface area (Å²) in [7, 11) is -2.32. The van der Waals surface area contributed by atoms with E-state index in [0.717, 1.165) is 28.0 Å². The van der Waals surface area contributed by atoms with Gasteiger partial charge < -0.3 is 19.1 Å². The van der Waals surface area contributed by atoms with Crippen molar-refractivity contribution < 1.29 is 36.2 Å². The van der Waals surface area contributed by atoms with Crippen molar-refractivity contribution in [2.45, 2.75) is 122 Å². The summed E-state index contributed by atoms with van der Waals surface area (Å²) in [5.74, 6) is -1.58. The number of hydrogen-bond acceptors (Lipinski definition) is 4. The van der Waals surface area contributed by atoms with Gasteiger partial charge in [0.05, 0.1) is 28.4 Å². The van der Waals surface area contributed by atoms with E-state index in [9.17, 15) is 22.8 Å². The average Bonchev–Trinajstić information content (AvgIpc) is 3.15. The van der Waals surface area contributed by atoms with Crippen molar-refractivity contribution in [3.63, 3.8) is 0 Å². The van der Waals surface area contributed by atoms with Crippen LogP contribution in [-0.2, 0) is 32.1 Å². The summed E-state index contributed by atoms with van der Waals surface area (Å²) < 4.78 is 76.3. The van der Waals surface area contributed by atoms with E-state index in [1.165, 1.54) is 6.07 Å². The van der Waals surface area contributed by atoms with Crippen LogP contribution in [0.2, 0.25) is 18.1 Å². The van der Waals surface area contributed by atoms with Crippen LogP contribution in [0.3, 0.4) is 0 Å². The van der Waals surface area contributed by atoms with Gasteiger partial charge in [0.25, 0.3) is 0 Å². The zero-order valence-electron chi connectivity index (χ0n) is 26.8. The fraction of sp³-hybridized carbons (Fsp3) is 0.667. The number of pyridine rings is 1. The van der Waals surface area contributed by atoms with Crippen LogP contribution in [0.5, 0.6) is 0 Å². The third kappa shape index (κ3) is 5.55. The highest BCUT2D eigenvalue weighted by atomic mass is 28.4. The standard InChI is InChI=1S/C33H45F4NO4Si/c1-19(2)28-26-27(25-23(38(28)39)17-31(6,7)18-24(25)42-43(8,9)30(3,4)5)32(12-14-40-15-13-32)41-29(26)20-10-11-21(22(34)16-20)33(35,36)37/h10-11,16,19,24,29H,12-15,17-18H2,1-9H3/t24?,29-/m1/s1. The SMILES string of the molecule is CC(C)c1c2c(c3c([n+]1[O-])CC(C)(C)CC3O[Si](C)(C)C(C)(C)C)C1(CCOCC1)O[C@@H]2c1ccc(C(F)(F)F)c(F)c1. The number of alkyl halides is 3. The van der Waals surface area contributed by atoms with Crippen molar-refractivity contribution >= 4 is 8.32 Å². The van der Waals surface area contributed by atoms with Gasteiger partial charge in [-0.2, -0.15) is 17.9 Å². The van der Waals surface area contributed by atoms with E-state index >= 15 is 0 Å². The monoisotopic (exact) mass is 623 g/mol. The number of rotatable bonds is 4. The zero-order valence-corrected chi connectivity index (χ0v) is 27.8. The van der Waals surface area contributed by atoms with E-state index in [1.54, 1.807) is 0 Å². The van der Waals surface area contributed by atoms with Crippen LogP contribution in [0.1, 0.15) is 125 Å². The van der Waals surface area contributed by atoms with E-state index in [0.29, 0.717) is 55.8 Å². The van der Waals surface area contributed by atoms with Crippen molar-refractivity contribution in [3.05, 3.63) is 68.4 Å². The highest BCUT2D eigenvalue weighted by Crippen LogP contribution is 2.58. The Balaban J connectivity index is 1.82. The molecule has 5 nitrogen and oxygen atoms in total. The van der Waals surface area contributed by atoms with Gasteiger partial charge in [-0.15, -0.1) is 0 Å². The molecule has 1 aromatic heterocycles. The summed E-state index contributed by atoms with van der Waals surface area (Å²) >= 11 is 0. The molecule has 10 heteroatoms. The first-order valence-electron chi connectivity index (χ1n) is 15.3. The molecule has 2 aromatic rings. The molecule has 0 amide bonds. The van der Waals surface area contributed by atoms with Crippen LogP contribution in [0.25, 0.3) is 0 Å². The highest BCUT2D eigenvalue weighted by molar-refractivity contribution is 6.74. The Morgan fingerprint density at radius 3 is 2.23 bits per heavy atom. The zero-order chi connectivity index (χ0) is 31.9. The number of aromatic nitrogens is 1. The number of hydrogen-bond donors (Lipinski definition) is 0. The topological polar surface area (TPSA) is 54.6 Å². The molecule has 3 heterocycles. The number of nitrogens with zero attached hydrogens (tertiary/aromatic N) is 1. The van der Waals surface area contributed by atoms with Crippen LogP contribution >= 0.6 is 0 Å². The molecule has 1 fully saturated rings. The van der Waals surface area contributed by atoms with E-state index in [1.807, 2.05) is 13.8 Å². The Kier molecular flexibility index (Phi) is 7.93. The van der Waals surface area contributed by atoms with Crippen LogP contribution < -0.4 is 4.73 Å². The molecule has 1 spiro atoms. The molecule has 2 aliphatic heterocycles. The molecule has 1 unspecified atom stereocenters. The molecular weight excluding hydrogens is 578 g/mol. The molecule has 0 radical (unpaired) electrons. The quantitative estimate of drug-likeness (QED) is 0.148. The molecule has 0 saturated carbocycles. The summed E-state index contributed by atoms with van der Waals surface area (Å²) in [4.78, 5) is 0. The lowest BCUT2D eigenvalue weighted by Crippen LogP contribution is -2.49. The van der Waals surface area contributed by atoms with Gasteiger partial charge in [-0.3, -0.25) is 0 Å². The fourth-order valence-corrected chi connectivity index (χ4v) is 8.20. The smallest absolute Gasteiger partial charge is 0.419 e. The molecule has 1 aliphatic carbocycles. The maximum absolute atomic E-state index is 15.0. The first kappa shape index (κ1) is 32.4. The largest absolute Gasteiger partial charge is 0.618 e. The molecule has 5 rings (SSSR count). The van der Waals surface area contributed by atoms with E-state index in [4.69, 9.17) is 13.9 Å². The van der Waals surface area contributed by atoms with Gasteiger partial charge in [-0.05, 0) is 47.7 Å². The second-order valence-electron chi connectivity index (χ2n) is 15.2. The van der Waals surface area contributed by atoms with Crippen molar-refractivity contribution in [1.29, 1.82) is 0 Å². The van der Waals surface area contributed by atoms with Gasteiger partial charge in [-0.25, -0.2) is 4.39 Å². The highest BCUT2D eigenvalue weighted by Gasteiger charge is 2.56. The maximum atomic E-state index is 15.0. The van der Waals surface area contributed by atoms with Crippen molar-refractivity contribution in [2.24, 2.45) is 5.41 Å². The minimum Gasteiger partial charge on any atom is -0.618 e. The Labute approximate surface area is 253 Å². The summed E-state index contributed by atoms with van der Waals surface area (Å²) in [6.07, 6.45) is -3.78. The Bertz CT molecular complexity index is 1410. The van der Waals surface area contributed by atoms with Gasteiger partial charge in [0, 0.05) is 44.0 Å². The average molecular weight is 624 g/mol. The molecule has 0 bridgehead atoms. The third-order valence-corrected chi connectivity index (χ3v) is 14.5. The predicted molar refractivity (Wildman–Crippen MR) is 159 cm³/mol. The fourth-order valence-electron chi connectivity index (χ4n) is 6.93. The third-order valence-electron chi connectivity index (χ3n) is 10.0. The van der Waals surface area contributed by atoms with Crippen molar-refractivity contribution in [2.75, 3.05) is 13.2 Å². The molecule has 238 valence electrons. The van der Waals surface area contributed by atoms with Crippen LogP contribution in [0, 0.1) is 16.4 Å². The summed E-state index contributed by atoms with van der Waals surface area (Å²) in [6.45, 7) is 20.0. The molecule has 1 aromatic carbocycles. The lowest BCUT2D eigenvalue weighted by molar-refractivity contribution is -0.626. The van der Waals surface area contributed by atoms with Gasteiger partial charge in [0.1, 0.15) is 11.9 Å². The van der Waals surface area contributed by atoms with Crippen LogP contribution in [0.15, 0.2) is 18.2 Å². The Hall–Kier alpha value is -2.01. The molecule has 0 N–H and O–H groups in total. The minimum absolute atomic E-state index is 0.0730. The minimum atomic E-state index is -4.82. The maximum Gasteiger partial charge on any atom is 0.419 e. The normalized spacial score (nSPS) is 23.5. The number of benzene rings is 1. The van der Waals surface area contributed by atoms with Gasteiger partial charge in [0.2, 0.25) is 5.69 Å². The molecule has 43 heavy (non-hydrogen) atoms. The molecular formula is C33H45F4NO4Si. The van der Waals surface area contributed by atoms with Gasteiger partial charge in [-0.1, -0.05) is 54.5 Å². The van der Waals surface area contributed by atoms with E-state index < -0.39 is 37.6 Å².